The van der Waals surface area contributed by atoms with Crippen molar-refractivity contribution in [2.75, 3.05) is 32.8 Å². The standard InChI is InChI=1S/C22H22N2O5/c25-18(23-11-8-22(9-12-23)28-13-14-29-22)7-10-24-20(26)16-5-1-3-15-4-2-6-17(19(15)16)21(24)27/h1-6H,7-14H2. The van der Waals surface area contributed by atoms with Crippen molar-refractivity contribution in [3.05, 3.63) is 47.5 Å². The topological polar surface area (TPSA) is 76.2 Å². The maximum atomic E-state index is 12.9. The quantitative estimate of drug-likeness (QED) is 0.746. The first-order valence-corrected chi connectivity index (χ1v) is 10.0. The molecule has 0 saturated carbocycles. The Morgan fingerprint density at radius 2 is 1.52 bits per heavy atom. The van der Waals surface area contributed by atoms with Gasteiger partial charge in [-0.3, -0.25) is 19.3 Å². The molecule has 1 spiro atoms. The summed E-state index contributed by atoms with van der Waals surface area (Å²) in [4.78, 5) is 41.5. The van der Waals surface area contributed by atoms with E-state index in [4.69, 9.17) is 9.47 Å². The van der Waals surface area contributed by atoms with E-state index in [-0.39, 0.29) is 30.7 Å². The summed E-state index contributed by atoms with van der Waals surface area (Å²) in [6.07, 6.45) is 1.41. The molecule has 0 aliphatic carbocycles. The molecule has 29 heavy (non-hydrogen) atoms. The van der Waals surface area contributed by atoms with Crippen LogP contribution in [-0.4, -0.2) is 66.2 Å². The van der Waals surface area contributed by atoms with Crippen LogP contribution in [0.15, 0.2) is 36.4 Å². The van der Waals surface area contributed by atoms with Crippen LogP contribution in [0.2, 0.25) is 0 Å². The number of rotatable bonds is 3. The molecule has 3 aliphatic rings. The third-order valence-electron chi connectivity index (χ3n) is 6.10. The van der Waals surface area contributed by atoms with Gasteiger partial charge in [0, 0.05) is 55.4 Å². The predicted molar refractivity (Wildman–Crippen MR) is 104 cm³/mol. The van der Waals surface area contributed by atoms with Crippen LogP contribution in [-0.2, 0) is 14.3 Å². The van der Waals surface area contributed by atoms with E-state index in [1.54, 1.807) is 17.0 Å². The molecule has 2 fully saturated rings. The van der Waals surface area contributed by atoms with Crippen LogP contribution in [0.25, 0.3) is 10.8 Å². The van der Waals surface area contributed by atoms with Gasteiger partial charge in [0.15, 0.2) is 5.79 Å². The van der Waals surface area contributed by atoms with Crippen LogP contribution in [0.4, 0.5) is 0 Å². The molecule has 0 N–H and O–H groups in total. The van der Waals surface area contributed by atoms with Gasteiger partial charge in [-0.2, -0.15) is 0 Å². The van der Waals surface area contributed by atoms with Gasteiger partial charge in [0.1, 0.15) is 0 Å². The number of benzene rings is 2. The van der Waals surface area contributed by atoms with E-state index in [1.165, 1.54) is 4.90 Å². The first-order valence-electron chi connectivity index (χ1n) is 10.0. The lowest BCUT2D eigenvalue weighted by atomic mass is 9.94. The molecular formula is C22H22N2O5. The number of likely N-dealkylation sites (tertiary alicyclic amines) is 1. The Morgan fingerprint density at radius 1 is 0.931 bits per heavy atom. The van der Waals surface area contributed by atoms with E-state index >= 15 is 0 Å². The van der Waals surface area contributed by atoms with Gasteiger partial charge in [0.25, 0.3) is 11.8 Å². The molecule has 0 bridgehead atoms. The zero-order valence-electron chi connectivity index (χ0n) is 16.1. The fourth-order valence-corrected chi connectivity index (χ4v) is 4.53. The number of amides is 3. The Morgan fingerprint density at radius 3 is 2.10 bits per heavy atom. The largest absolute Gasteiger partial charge is 0.347 e. The lowest BCUT2D eigenvalue weighted by Gasteiger charge is -2.37. The minimum absolute atomic E-state index is 0.0597. The number of hydrogen-bond donors (Lipinski definition) is 0. The first-order chi connectivity index (χ1) is 14.1. The van der Waals surface area contributed by atoms with Crippen molar-refractivity contribution in [2.24, 2.45) is 0 Å². The second-order valence-electron chi connectivity index (χ2n) is 7.71. The molecule has 0 radical (unpaired) electrons. The molecule has 5 rings (SSSR count). The maximum Gasteiger partial charge on any atom is 0.261 e. The molecule has 2 aromatic rings. The van der Waals surface area contributed by atoms with Gasteiger partial charge in [-0.05, 0) is 17.5 Å². The van der Waals surface area contributed by atoms with Crippen LogP contribution in [0.5, 0.6) is 0 Å². The van der Waals surface area contributed by atoms with Gasteiger partial charge in [0.2, 0.25) is 5.91 Å². The normalized spacial score (nSPS) is 20.7. The zero-order valence-corrected chi connectivity index (χ0v) is 16.1. The van der Waals surface area contributed by atoms with Crippen LogP contribution in [0.3, 0.4) is 0 Å². The highest BCUT2D eigenvalue weighted by atomic mass is 16.7. The number of nitrogens with zero attached hydrogens (tertiary/aromatic N) is 2. The average molecular weight is 394 g/mol. The SMILES string of the molecule is O=C(CCN1C(=O)c2cccc3cccc(c23)C1=O)N1CCC2(CC1)OCCO2. The number of imide groups is 1. The van der Waals surface area contributed by atoms with Crippen molar-refractivity contribution in [1.29, 1.82) is 0 Å². The van der Waals surface area contributed by atoms with Crippen molar-refractivity contribution < 1.29 is 23.9 Å². The van der Waals surface area contributed by atoms with Crippen molar-refractivity contribution in [3.8, 4) is 0 Å². The molecule has 7 nitrogen and oxygen atoms in total. The number of carbonyl (C=O) groups excluding carboxylic acids is 3. The molecule has 2 aromatic carbocycles. The summed E-state index contributed by atoms with van der Waals surface area (Å²) in [6, 6.07) is 10.9. The number of piperidine rings is 1. The lowest BCUT2D eigenvalue weighted by molar-refractivity contribution is -0.187. The van der Waals surface area contributed by atoms with Gasteiger partial charge in [-0.25, -0.2) is 0 Å². The highest BCUT2D eigenvalue weighted by Gasteiger charge is 2.41. The Kier molecular flexibility index (Phi) is 4.37. The van der Waals surface area contributed by atoms with Crippen LogP contribution in [0.1, 0.15) is 40.0 Å². The Balaban J connectivity index is 1.27. The van der Waals surface area contributed by atoms with Gasteiger partial charge in [-0.1, -0.05) is 24.3 Å². The third kappa shape index (κ3) is 3.01. The zero-order chi connectivity index (χ0) is 20.0. The molecule has 3 amide bonds. The van der Waals surface area contributed by atoms with Crippen molar-refractivity contribution in [1.82, 2.24) is 9.80 Å². The molecule has 3 heterocycles. The Hall–Kier alpha value is -2.77. The molecule has 0 unspecified atom stereocenters. The molecule has 0 aromatic heterocycles. The van der Waals surface area contributed by atoms with Crippen LogP contribution in [0, 0.1) is 0 Å². The summed E-state index contributed by atoms with van der Waals surface area (Å²) >= 11 is 0. The molecule has 2 saturated heterocycles. The summed E-state index contributed by atoms with van der Waals surface area (Å²) < 4.78 is 11.4. The van der Waals surface area contributed by atoms with E-state index in [0.717, 1.165) is 5.39 Å². The summed E-state index contributed by atoms with van der Waals surface area (Å²) in [5.74, 6) is -1.26. The maximum absolute atomic E-state index is 12.9. The average Bonchev–Trinajstić information content (AvgIpc) is 3.20. The van der Waals surface area contributed by atoms with Crippen molar-refractivity contribution >= 4 is 28.5 Å². The fraction of sp³-hybridized carbons (Fsp3) is 0.409. The monoisotopic (exact) mass is 394 g/mol. The summed E-state index contributed by atoms with van der Waals surface area (Å²) in [7, 11) is 0. The molecule has 150 valence electrons. The highest BCUT2D eigenvalue weighted by Crippen LogP contribution is 2.32. The van der Waals surface area contributed by atoms with E-state index in [2.05, 4.69) is 0 Å². The Labute approximate surface area is 168 Å². The fourth-order valence-electron chi connectivity index (χ4n) is 4.53. The summed E-state index contributed by atoms with van der Waals surface area (Å²) in [5.41, 5.74) is 1.03. The van der Waals surface area contributed by atoms with E-state index < -0.39 is 5.79 Å². The third-order valence-corrected chi connectivity index (χ3v) is 6.10. The minimum Gasteiger partial charge on any atom is -0.347 e. The second-order valence-corrected chi connectivity index (χ2v) is 7.71. The lowest BCUT2D eigenvalue weighted by Crippen LogP contribution is -2.48. The smallest absolute Gasteiger partial charge is 0.261 e. The van der Waals surface area contributed by atoms with Gasteiger partial charge in [0.05, 0.1) is 13.2 Å². The molecular weight excluding hydrogens is 372 g/mol. The molecule has 3 aliphatic heterocycles. The highest BCUT2D eigenvalue weighted by molar-refractivity contribution is 6.25. The van der Waals surface area contributed by atoms with Crippen molar-refractivity contribution in [3.63, 3.8) is 0 Å². The summed E-state index contributed by atoms with van der Waals surface area (Å²) in [6.45, 7) is 2.39. The minimum atomic E-state index is -0.530. The Bertz CT molecular complexity index is 951. The molecule has 7 heteroatoms. The van der Waals surface area contributed by atoms with E-state index in [9.17, 15) is 14.4 Å². The summed E-state index contributed by atoms with van der Waals surface area (Å²) in [5, 5.41) is 1.57. The van der Waals surface area contributed by atoms with Crippen LogP contribution >= 0.6 is 0 Å². The van der Waals surface area contributed by atoms with E-state index in [0.29, 0.717) is 55.7 Å². The second kappa shape index (κ2) is 6.93. The van der Waals surface area contributed by atoms with Gasteiger partial charge < -0.3 is 14.4 Å². The predicted octanol–water partition coefficient (Wildman–Crippen LogP) is 2.19. The van der Waals surface area contributed by atoms with Gasteiger partial charge in [-0.15, -0.1) is 0 Å². The molecule has 0 atom stereocenters. The number of hydrogen-bond acceptors (Lipinski definition) is 5. The van der Waals surface area contributed by atoms with Gasteiger partial charge >= 0.3 is 0 Å². The van der Waals surface area contributed by atoms with E-state index in [1.807, 2.05) is 24.3 Å². The van der Waals surface area contributed by atoms with Crippen LogP contribution < -0.4 is 0 Å². The number of ether oxygens (including phenoxy) is 2. The first kappa shape index (κ1) is 18.3. The number of carbonyl (C=O) groups is 3. The van der Waals surface area contributed by atoms with Crippen molar-refractivity contribution in [2.45, 2.75) is 25.0 Å².